The van der Waals surface area contributed by atoms with Crippen molar-refractivity contribution in [3.8, 4) is 0 Å². The van der Waals surface area contributed by atoms with Gasteiger partial charge in [-0.2, -0.15) is 11.8 Å². The van der Waals surface area contributed by atoms with Gasteiger partial charge < -0.3 is 4.90 Å². The molecule has 2 heterocycles. The van der Waals surface area contributed by atoms with Gasteiger partial charge in [-0.1, -0.05) is 18.2 Å². The van der Waals surface area contributed by atoms with E-state index in [4.69, 9.17) is 0 Å². The SMILES string of the molecule is O=C(c1ccc2ncsc2c1)N1CCS[C@@H](c2ccccc2F)CC1. The van der Waals surface area contributed by atoms with E-state index in [1.807, 2.05) is 35.2 Å². The van der Waals surface area contributed by atoms with Crippen molar-refractivity contribution >= 4 is 39.2 Å². The van der Waals surface area contributed by atoms with Crippen molar-refractivity contribution in [3.05, 3.63) is 64.9 Å². The van der Waals surface area contributed by atoms with Crippen molar-refractivity contribution in [1.29, 1.82) is 0 Å². The average molecular weight is 372 g/mol. The van der Waals surface area contributed by atoms with Crippen molar-refractivity contribution in [2.75, 3.05) is 18.8 Å². The number of thioether (sulfide) groups is 1. The Labute approximate surface area is 153 Å². The quantitative estimate of drug-likeness (QED) is 0.650. The second-order valence-electron chi connectivity index (χ2n) is 6.00. The molecule has 25 heavy (non-hydrogen) atoms. The maximum Gasteiger partial charge on any atom is 0.253 e. The maximum absolute atomic E-state index is 14.0. The van der Waals surface area contributed by atoms with Crippen molar-refractivity contribution < 1.29 is 9.18 Å². The summed E-state index contributed by atoms with van der Waals surface area (Å²) in [5, 5.41) is 0.1000. The molecule has 1 aromatic heterocycles. The Balaban J connectivity index is 1.50. The van der Waals surface area contributed by atoms with Gasteiger partial charge in [-0.25, -0.2) is 9.37 Å². The van der Waals surface area contributed by atoms with Crippen LogP contribution in [0.4, 0.5) is 4.39 Å². The van der Waals surface area contributed by atoms with Gasteiger partial charge in [0, 0.05) is 35.2 Å². The molecular formula is C19H17FN2OS2. The lowest BCUT2D eigenvalue weighted by molar-refractivity contribution is 0.0766. The molecule has 128 valence electrons. The summed E-state index contributed by atoms with van der Waals surface area (Å²) in [6.07, 6.45) is 0.764. The first kappa shape index (κ1) is 16.5. The predicted molar refractivity (Wildman–Crippen MR) is 102 cm³/mol. The van der Waals surface area contributed by atoms with Crippen LogP contribution >= 0.6 is 23.1 Å². The second-order valence-corrected chi connectivity index (χ2v) is 8.19. The molecule has 3 aromatic rings. The van der Waals surface area contributed by atoms with E-state index in [1.54, 1.807) is 34.7 Å². The predicted octanol–water partition coefficient (Wildman–Crippen LogP) is 4.76. The summed E-state index contributed by atoms with van der Waals surface area (Å²) in [6.45, 7) is 1.33. The fourth-order valence-electron chi connectivity index (χ4n) is 3.13. The molecule has 1 aliphatic rings. The van der Waals surface area contributed by atoms with Gasteiger partial charge in [0.05, 0.1) is 15.7 Å². The molecule has 0 radical (unpaired) electrons. The zero-order valence-corrected chi connectivity index (χ0v) is 15.2. The molecule has 0 N–H and O–H groups in total. The number of thiazole rings is 1. The second kappa shape index (κ2) is 7.14. The molecule has 1 fully saturated rings. The van der Waals surface area contributed by atoms with E-state index in [1.165, 1.54) is 6.07 Å². The summed E-state index contributed by atoms with van der Waals surface area (Å²) in [7, 11) is 0. The highest BCUT2D eigenvalue weighted by molar-refractivity contribution is 7.99. The van der Waals surface area contributed by atoms with Crippen molar-refractivity contribution in [2.24, 2.45) is 0 Å². The number of hydrogen-bond acceptors (Lipinski definition) is 4. The van der Waals surface area contributed by atoms with Crippen LogP contribution in [-0.4, -0.2) is 34.6 Å². The van der Waals surface area contributed by atoms with Crippen LogP contribution in [0.5, 0.6) is 0 Å². The van der Waals surface area contributed by atoms with Crippen molar-refractivity contribution in [1.82, 2.24) is 9.88 Å². The van der Waals surface area contributed by atoms with Gasteiger partial charge in [0.1, 0.15) is 5.82 Å². The van der Waals surface area contributed by atoms with E-state index < -0.39 is 0 Å². The summed E-state index contributed by atoms with van der Waals surface area (Å²) in [5.74, 6) is 0.702. The highest BCUT2D eigenvalue weighted by Gasteiger charge is 2.24. The summed E-state index contributed by atoms with van der Waals surface area (Å²) in [5.41, 5.74) is 4.16. The highest BCUT2D eigenvalue weighted by atomic mass is 32.2. The molecule has 0 bridgehead atoms. The Morgan fingerprint density at radius 1 is 1.20 bits per heavy atom. The lowest BCUT2D eigenvalue weighted by atomic mass is 10.1. The molecule has 1 aliphatic heterocycles. The van der Waals surface area contributed by atoms with Crippen LogP contribution in [0.15, 0.2) is 48.0 Å². The van der Waals surface area contributed by atoms with Gasteiger partial charge in [-0.15, -0.1) is 11.3 Å². The van der Waals surface area contributed by atoms with E-state index in [0.29, 0.717) is 18.7 Å². The minimum Gasteiger partial charge on any atom is -0.338 e. The largest absolute Gasteiger partial charge is 0.338 e. The third-order valence-corrected chi connectivity index (χ3v) is 6.56. The highest BCUT2D eigenvalue weighted by Crippen LogP contribution is 2.36. The van der Waals surface area contributed by atoms with E-state index >= 15 is 0 Å². The van der Waals surface area contributed by atoms with Crippen LogP contribution in [-0.2, 0) is 0 Å². The van der Waals surface area contributed by atoms with Gasteiger partial charge in [-0.05, 0) is 30.7 Å². The third-order valence-electron chi connectivity index (χ3n) is 4.46. The Morgan fingerprint density at radius 3 is 2.96 bits per heavy atom. The van der Waals surface area contributed by atoms with Crippen LogP contribution in [0.3, 0.4) is 0 Å². The number of halogens is 1. The van der Waals surface area contributed by atoms with Gasteiger partial charge in [0.2, 0.25) is 0 Å². The van der Waals surface area contributed by atoms with Gasteiger partial charge >= 0.3 is 0 Å². The zero-order valence-electron chi connectivity index (χ0n) is 13.5. The number of fused-ring (bicyclic) bond motifs is 1. The van der Waals surface area contributed by atoms with Gasteiger partial charge in [-0.3, -0.25) is 4.79 Å². The topological polar surface area (TPSA) is 33.2 Å². The molecule has 0 spiro atoms. The fourth-order valence-corrected chi connectivity index (χ4v) is 5.10. The van der Waals surface area contributed by atoms with Crippen LogP contribution in [0.2, 0.25) is 0 Å². The molecule has 0 aliphatic carbocycles. The number of amides is 1. The minimum absolute atomic E-state index is 0.0464. The van der Waals surface area contributed by atoms with Crippen molar-refractivity contribution in [3.63, 3.8) is 0 Å². The number of rotatable bonds is 2. The molecule has 0 unspecified atom stereocenters. The van der Waals surface area contributed by atoms with Crippen LogP contribution in [0.25, 0.3) is 10.2 Å². The molecule has 1 atom stereocenters. The number of benzene rings is 2. The Morgan fingerprint density at radius 2 is 2.08 bits per heavy atom. The molecule has 0 saturated carbocycles. The molecule has 3 nitrogen and oxygen atoms in total. The summed E-state index contributed by atoms with van der Waals surface area (Å²) >= 11 is 3.27. The summed E-state index contributed by atoms with van der Waals surface area (Å²) in [4.78, 5) is 19.0. The Kier molecular flexibility index (Phi) is 4.72. The number of carbonyl (C=O) groups is 1. The lowest BCUT2D eigenvalue weighted by Crippen LogP contribution is -2.32. The van der Waals surface area contributed by atoms with E-state index in [2.05, 4.69) is 4.98 Å². The number of hydrogen-bond donors (Lipinski definition) is 0. The first-order valence-corrected chi connectivity index (χ1v) is 10.1. The molecule has 1 amide bonds. The van der Waals surface area contributed by atoms with Crippen molar-refractivity contribution in [2.45, 2.75) is 11.7 Å². The van der Waals surface area contributed by atoms with Crippen LogP contribution in [0.1, 0.15) is 27.6 Å². The third kappa shape index (κ3) is 3.41. The molecule has 1 saturated heterocycles. The van der Waals surface area contributed by atoms with Crippen LogP contribution in [0, 0.1) is 5.82 Å². The lowest BCUT2D eigenvalue weighted by Gasteiger charge is -2.20. The van der Waals surface area contributed by atoms with Gasteiger partial charge in [0.15, 0.2) is 0 Å². The van der Waals surface area contributed by atoms with Gasteiger partial charge in [0.25, 0.3) is 5.91 Å². The molecule has 6 heteroatoms. The van der Waals surface area contributed by atoms with Crippen LogP contribution < -0.4 is 0 Å². The average Bonchev–Trinajstić information content (AvgIpc) is 2.97. The Hall–Kier alpha value is -1.92. The molecular weight excluding hydrogens is 355 g/mol. The maximum atomic E-state index is 14.0. The van der Waals surface area contributed by atoms with E-state index in [9.17, 15) is 9.18 Å². The first-order chi connectivity index (χ1) is 12.2. The minimum atomic E-state index is -0.157. The normalized spacial score (nSPS) is 18.3. The number of nitrogens with zero attached hydrogens (tertiary/aromatic N) is 2. The Bertz CT molecular complexity index is 911. The monoisotopic (exact) mass is 372 g/mol. The fraction of sp³-hybridized carbons (Fsp3) is 0.263. The summed E-state index contributed by atoms with van der Waals surface area (Å²) in [6, 6.07) is 12.6. The smallest absolute Gasteiger partial charge is 0.253 e. The number of carbonyl (C=O) groups excluding carboxylic acids is 1. The molecule has 4 rings (SSSR count). The first-order valence-electron chi connectivity index (χ1n) is 8.21. The van der Waals surface area contributed by atoms with E-state index in [0.717, 1.165) is 28.0 Å². The zero-order chi connectivity index (χ0) is 17.2. The number of aromatic nitrogens is 1. The van der Waals surface area contributed by atoms with E-state index in [-0.39, 0.29) is 17.0 Å². The standard InChI is InChI=1S/C19H17FN2OS2/c20-15-4-2-1-3-14(15)17-7-8-22(9-10-24-17)19(23)13-5-6-16-18(11-13)25-12-21-16/h1-6,11-12,17H,7-10H2/t17-/m1/s1. The summed E-state index contributed by atoms with van der Waals surface area (Å²) < 4.78 is 15.1. The molecule has 2 aromatic carbocycles.